The van der Waals surface area contributed by atoms with Gasteiger partial charge in [-0.3, -0.25) is 4.79 Å². The lowest BCUT2D eigenvalue weighted by atomic mass is 10.0. The number of carboxylic acids is 1. The van der Waals surface area contributed by atoms with Crippen LogP contribution >= 0.6 is 11.3 Å². The highest BCUT2D eigenvalue weighted by atomic mass is 32.1. The highest BCUT2D eigenvalue weighted by Crippen LogP contribution is 2.52. The first-order chi connectivity index (χ1) is 6.66. The Balaban J connectivity index is 2.17. The van der Waals surface area contributed by atoms with Gasteiger partial charge in [0.1, 0.15) is 5.01 Å². The van der Waals surface area contributed by atoms with Crippen LogP contribution in [-0.4, -0.2) is 23.2 Å². The summed E-state index contributed by atoms with van der Waals surface area (Å²) >= 11 is 1.45. The van der Waals surface area contributed by atoms with Crippen LogP contribution in [0.15, 0.2) is 6.20 Å². The second kappa shape index (κ2) is 3.24. The van der Waals surface area contributed by atoms with Gasteiger partial charge in [-0.15, -0.1) is 0 Å². The summed E-state index contributed by atoms with van der Waals surface area (Å²) in [4.78, 5) is 14.9. The van der Waals surface area contributed by atoms with Crippen molar-refractivity contribution >= 4 is 17.3 Å². The monoisotopic (exact) mass is 213 g/mol. The number of thiazole rings is 1. The fourth-order valence-corrected chi connectivity index (χ4v) is 2.48. The van der Waals surface area contributed by atoms with Crippen LogP contribution in [0.1, 0.15) is 24.3 Å². The van der Waals surface area contributed by atoms with E-state index in [2.05, 4.69) is 4.98 Å². The number of hydrogen-bond donors (Lipinski definition) is 1. The molecule has 0 atom stereocenters. The SMILES string of the molecule is COc1cnc(C2(CC(=O)O)CC2)s1. The molecule has 0 saturated heterocycles. The van der Waals surface area contributed by atoms with Crippen molar-refractivity contribution in [1.82, 2.24) is 4.98 Å². The molecule has 0 amide bonds. The molecule has 14 heavy (non-hydrogen) atoms. The molecular formula is C9H11NO3S. The molecule has 0 radical (unpaired) electrons. The normalized spacial score (nSPS) is 17.8. The summed E-state index contributed by atoms with van der Waals surface area (Å²) < 4.78 is 5.03. The summed E-state index contributed by atoms with van der Waals surface area (Å²) in [5, 5.41) is 10.4. The molecule has 1 aliphatic carbocycles. The quantitative estimate of drug-likeness (QED) is 0.826. The number of aromatic nitrogens is 1. The highest BCUT2D eigenvalue weighted by molar-refractivity contribution is 7.13. The van der Waals surface area contributed by atoms with Gasteiger partial charge in [-0.1, -0.05) is 11.3 Å². The van der Waals surface area contributed by atoms with E-state index >= 15 is 0 Å². The van der Waals surface area contributed by atoms with E-state index in [4.69, 9.17) is 9.84 Å². The number of aliphatic carboxylic acids is 1. The standard InChI is InChI=1S/C9H11NO3S/c1-13-7-5-10-8(14-7)9(2-3-9)4-6(11)12/h5H,2-4H2,1H3,(H,11,12). The molecule has 1 aromatic heterocycles. The first-order valence-corrected chi connectivity index (χ1v) is 5.20. The molecule has 0 unspecified atom stereocenters. The van der Waals surface area contributed by atoms with Gasteiger partial charge in [-0.25, -0.2) is 4.98 Å². The molecule has 5 heteroatoms. The van der Waals surface area contributed by atoms with Crippen LogP contribution in [0.4, 0.5) is 0 Å². The Morgan fingerprint density at radius 3 is 2.93 bits per heavy atom. The van der Waals surface area contributed by atoms with Crippen molar-refractivity contribution in [3.63, 3.8) is 0 Å². The Labute approximate surface area is 85.5 Å². The average Bonchev–Trinajstić information content (AvgIpc) is 2.76. The molecule has 1 heterocycles. The van der Waals surface area contributed by atoms with Crippen LogP contribution in [0.2, 0.25) is 0 Å². The minimum atomic E-state index is -0.753. The van der Waals surface area contributed by atoms with Crippen molar-refractivity contribution in [3.8, 4) is 5.06 Å². The topological polar surface area (TPSA) is 59.4 Å². The van der Waals surface area contributed by atoms with E-state index in [1.165, 1.54) is 11.3 Å². The van der Waals surface area contributed by atoms with Gasteiger partial charge in [0, 0.05) is 5.41 Å². The molecule has 76 valence electrons. The van der Waals surface area contributed by atoms with Gasteiger partial charge < -0.3 is 9.84 Å². The van der Waals surface area contributed by atoms with E-state index in [0.29, 0.717) is 0 Å². The molecule has 0 aromatic carbocycles. The molecule has 1 saturated carbocycles. The number of hydrogen-bond acceptors (Lipinski definition) is 4. The van der Waals surface area contributed by atoms with Gasteiger partial charge in [0.2, 0.25) is 0 Å². The molecule has 0 bridgehead atoms. The smallest absolute Gasteiger partial charge is 0.304 e. The third kappa shape index (κ3) is 1.59. The number of carbonyl (C=O) groups is 1. The largest absolute Gasteiger partial charge is 0.486 e. The van der Waals surface area contributed by atoms with Crippen molar-refractivity contribution in [3.05, 3.63) is 11.2 Å². The van der Waals surface area contributed by atoms with Crippen LogP contribution in [0.5, 0.6) is 5.06 Å². The second-order valence-electron chi connectivity index (χ2n) is 3.54. The molecule has 1 aromatic rings. The zero-order valence-electron chi connectivity index (χ0n) is 7.82. The molecule has 2 rings (SSSR count). The maximum atomic E-state index is 10.7. The highest BCUT2D eigenvalue weighted by Gasteiger charge is 2.48. The predicted octanol–water partition coefficient (Wildman–Crippen LogP) is 1.66. The third-order valence-electron chi connectivity index (χ3n) is 2.48. The molecule has 4 nitrogen and oxygen atoms in total. The van der Waals surface area contributed by atoms with E-state index in [9.17, 15) is 4.79 Å². The van der Waals surface area contributed by atoms with E-state index in [-0.39, 0.29) is 11.8 Å². The van der Waals surface area contributed by atoms with Gasteiger partial charge in [-0.2, -0.15) is 0 Å². The number of methoxy groups -OCH3 is 1. The molecule has 0 spiro atoms. The number of ether oxygens (including phenoxy) is 1. The van der Waals surface area contributed by atoms with Crippen molar-refractivity contribution in [1.29, 1.82) is 0 Å². The number of nitrogens with zero attached hydrogens (tertiary/aromatic N) is 1. The summed E-state index contributed by atoms with van der Waals surface area (Å²) in [6.07, 6.45) is 3.69. The molecule has 0 aliphatic heterocycles. The summed E-state index contributed by atoms with van der Waals surface area (Å²) in [5.74, 6) is -0.753. The van der Waals surface area contributed by atoms with E-state index in [1.807, 2.05) is 0 Å². The minimum Gasteiger partial charge on any atom is -0.486 e. The lowest BCUT2D eigenvalue weighted by Gasteiger charge is -2.06. The summed E-state index contributed by atoms with van der Waals surface area (Å²) in [5.41, 5.74) is -0.187. The van der Waals surface area contributed by atoms with Crippen LogP contribution in [0.3, 0.4) is 0 Å². The molecule has 1 N–H and O–H groups in total. The molecule has 1 fully saturated rings. The lowest BCUT2D eigenvalue weighted by Crippen LogP contribution is -2.12. The first-order valence-electron chi connectivity index (χ1n) is 4.38. The van der Waals surface area contributed by atoms with Crippen LogP contribution < -0.4 is 4.74 Å². The van der Waals surface area contributed by atoms with E-state index in [0.717, 1.165) is 22.9 Å². The first kappa shape index (κ1) is 9.45. The fraction of sp³-hybridized carbons (Fsp3) is 0.556. The van der Waals surface area contributed by atoms with Crippen LogP contribution in [0, 0.1) is 0 Å². The van der Waals surface area contributed by atoms with Crippen molar-refractivity contribution < 1.29 is 14.6 Å². The lowest BCUT2D eigenvalue weighted by molar-refractivity contribution is -0.137. The maximum absolute atomic E-state index is 10.7. The van der Waals surface area contributed by atoms with Crippen molar-refractivity contribution in [2.75, 3.05) is 7.11 Å². The number of rotatable bonds is 4. The van der Waals surface area contributed by atoms with Crippen molar-refractivity contribution in [2.45, 2.75) is 24.7 Å². The van der Waals surface area contributed by atoms with Crippen molar-refractivity contribution in [2.24, 2.45) is 0 Å². The van der Waals surface area contributed by atoms with Gasteiger partial charge >= 0.3 is 5.97 Å². The van der Waals surface area contributed by atoms with Crippen LogP contribution in [-0.2, 0) is 10.2 Å². The van der Waals surface area contributed by atoms with Gasteiger partial charge in [0.15, 0.2) is 5.06 Å². The zero-order chi connectivity index (χ0) is 10.2. The Kier molecular flexibility index (Phi) is 2.19. The Hall–Kier alpha value is -1.10. The van der Waals surface area contributed by atoms with Gasteiger partial charge in [-0.05, 0) is 12.8 Å². The Morgan fingerprint density at radius 2 is 2.50 bits per heavy atom. The minimum absolute atomic E-state index is 0.184. The van der Waals surface area contributed by atoms with Crippen LogP contribution in [0.25, 0.3) is 0 Å². The van der Waals surface area contributed by atoms with Gasteiger partial charge in [0.05, 0.1) is 19.7 Å². The van der Waals surface area contributed by atoms with E-state index in [1.54, 1.807) is 13.3 Å². The maximum Gasteiger partial charge on any atom is 0.304 e. The van der Waals surface area contributed by atoms with E-state index < -0.39 is 5.97 Å². The summed E-state index contributed by atoms with van der Waals surface area (Å²) in [6.45, 7) is 0. The summed E-state index contributed by atoms with van der Waals surface area (Å²) in [7, 11) is 1.59. The molecule has 1 aliphatic rings. The average molecular weight is 213 g/mol. The molecular weight excluding hydrogens is 202 g/mol. The zero-order valence-corrected chi connectivity index (χ0v) is 8.63. The third-order valence-corrected chi connectivity index (χ3v) is 3.69. The fourth-order valence-electron chi connectivity index (χ4n) is 1.51. The number of carboxylic acid groups (broad SMARTS) is 1. The van der Waals surface area contributed by atoms with Gasteiger partial charge in [0.25, 0.3) is 0 Å². The Bertz CT molecular complexity index is 357. The Morgan fingerprint density at radius 1 is 1.79 bits per heavy atom. The second-order valence-corrected chi connectivity index (χ2v) is 4.53. The predicted molar refractivity (Wildman–Crippen MR) is 51.8 cm³/mol. The summed E-state index contributed by atoms with van der Waals surface area (Å²) in [6, 6.07) is 0.